The van der Waals surface area contributed by atoms with Crippen LogP contribution in [0, 0.1) is 5.82 Å². The Balaban J connectivity index is 1.36. The zero-order valence-electron chi connectivity index (χ0n) is 24.2. The van der Waals surface area contributed by atoms with Crippen LogP contribution in [0.25, 0.3) is 17.0 Å². The van der Waals surface area contributed by atoms with Gasteiger partial charge in [0.15, 0.2) is 6.79 Å². The van der Waals surface area contributed by atoms with Crippen LogP contribution >= 0.6 is 0 Å². The molecular weight excluding hydrogens is 541 g/mol. The van der Waals surface area contributed by atoms with Gasteiger partial charge in [0.2, 0.25) is 0 Å². The smallest absolute Gasteiger partial charge is 0.296 e. The van der Waals surface area contributed by atoms with Gasteiger partial charge in [-0.05, 0) is 48.6 Å². The summed E-state index contributed by atoms with van der Waals surface area (Å²) in [7, 11) is -1.19. The summed E-state index contributed by atoms with van der Waals surface area (Å²) in [6.45, 7) is 10.5. The molecule has 1 amide bonds. The lowest BCUT2D eigenvalue weighted by molar-refractivity contribution is -0.195. The molecule has 10 heteroatoms. The summed E-state index contributed by atoms with van der Waals surface area (Å²) >= 11 is 0. The molecular formula is C31H40FN3O5Si. The average Bonchev–Trinajstić information content (AvgIpc) is 3.30. The normalized spacial score (nSPS) is 16.7. The molecule has 220 valence electrons. The third-order valence-electron chi connectivity index (χ3n) is 7.50. The molecule has 0 spiro atoms. The van der Waals surface area contributed by atoms with E-state index in [4.69, 9.17) is 19.0 Å². The van der Waals surface area contributed by atoms with Crippen molar-refractivity contribution in [1.29, 1.82) is 0 Å². The molecule has 2 aromatic heterocycles. The van der Waals surface area contributed by atoms with Crippen LogP contribution in [0.3, 0.4) is 0 Å². The van der Waals surface area contributed by atoms with E-state index in [9.17, 15) is 9.18 Å². The molecule has 0 unspecified atom stereocenters. The molecule has 0 radical (unpaired) electrons. The fourth-order valence-electron chi connectivity index (χ4n) is 5.16. The fraction of sp³-hybridized carbons (Fsp3) is 0.484. The van der Waals surface area contributed by atoms with Crippen molar-refractivity contribution >= 4 is 31.0 Å². The lowest BCUT2D eigenvalue weighted by Gasteiger charge is -2.27. The van der Waals surface area contributed by atoms with E-state index in [-0.39, 0.29) is 24.6 Å². The third kappa shape index (κ3) is 7.69. The van der Waals surface area contributed by atoms with Gasteiger partial charge in [0, 0.05) is 51.6 Å². The number of hydroxylamine groups is 2. The zero-order chi connectivity index (χ0) is 28.8. The lowest BCUT2D eigenvalue weighted by atomic mass is 9.99. The number of rotatable bonds is 12. The zero-order valence-corrected chi connectivity index (χ0v) is 25.2. The Morgan fingerprint density at radius 3 is 2.71 bits per heavy atom. The van der Waals surface area contributed by atoms with Crippen LogP contribution in [-0.2, 0) is 32.0 Å². The number of nitrogens with zero attached hydrogens (tertiary/aromatic N) is 3. The molecule has 0 bridgehead atoms. The van der Waals surface area contributed by atoms with Crippen LogP contribution in [0.5, 0.6) is 0 Å². The molecule has 2 aliphatic rings. The highest BCUT2D eigenvalue weighted by Gasteiger charge is 2.30. The van der Waals surface area contributed by atoms with E-state index in [1.807, 2.05) is 6.08 Å². The molecule has 0 atom stereocenters. The highest BCUT2D eigenvalue weighted by molar-refractivity contribution is 6.76. The van der Waals surface area contributed by atoms with E-state index in [0.717, 1.165) is 59.7 Å². The topological polar surface area (TPSA) is 75.1 Å². The molecule has 3 aromatic rings. The minimum atomic E-state index is -1.19. The van der Waals surface area contributed by atoms with E-state index >= 15 is 0 Å². The first kappa shape index (κ1) is 29.6. The molecule has 0 N–H and O–H groups in total. The quantitative estimate of drug-likeness (QED) is 0.156. The number of aromatic nitrogens is 2. The highest BCUT2D eigenvalue weighted by Crippen LogP contribution is 2.32. The number of benzene rings is 1. The van der Waals surface area contributed by atoms with Crippen molar-refractivity contribution in [2.45, 2.75) is 57.6 Å². The Bertz CT molecular complexity index is 1360. The van der Waals surface area contributed by atoms with Crippen molar-refractivity contribution in [3.05, 3.63) is 70.9 Å². The van der Waals surface area contributed by atoms with Crippen LogP contribution in [0.15, 0.2) is 42.7 Å². The first-order valence-electron chi connectivity index (χ1n) is 14.4. The number of carbonyl (C=O) groups excluding carboxylic acids is 1. The molecule has 41 heavy (non-hydrogen) atoms. The van der Waals surface area contributed by atoms with Gasteiger partial charge in [-0.25, -0.2) is 19.3 Å². The number of hydrogen-bond acceptors (Lipinski definition) is 6. The summed E-state index contributed by atoms with van der Waals surface area (Å²) < 4.78 is 32.7. The fourth-order valence-corrected chi connectivity index (χ4v) is 5.91. The Hall–Kier alpha value is -2.89. The molecule has 5 rings (SSSR count). The molecule has 2 aliphatic heterocycles. The number of carbonyl (C=O) groups is 1. The summed E-state index contributed by atoms with van der Waals surface area (Å²) in [6.07, 6.45) is 10.6. The number of fused-ring (bicyclic) bond motifs is 3. The van der Waals surface area contributed by atoms with Crippen molar-refractivity contribution in [2.24, 2.45) is 0 Å². The lowest BCUT2D eigenvalue weighted by Crippen LogP contribution is -2.39. The van der Waals surface area contributed by atoms with Crippen LogP contribution in [0.2, 0.25) is 25.7 Å². The Kier molecular flexibility index (Phi) is 9.67. The van der Waals surface area contributed by atoms with Gasteiger partial charge in [-0.2, -0.15) is 0 Å². The number of amides is 1. The predicted octanol–water partition coefficient (Wildman–Crippen LogP) is 5.67. The van der Waals surface area contributed by atoms with Gasteiger partial charge in [-0.3, -0.25) is 4.79 Å². The van der Waals surface area contributed by atoms with Gasteiger partial charge in [-0.1, -0.05) is 43.9 Å². The number of hydrogen-bond donors (Lipinski definition) is 0. The van der Waals surface area contributed by atoms with Gasteiger partial charge in [0.25, 0.3) is 5.91 Å². The summed E-state index contributed by atoms with van der Waals surface area (Å²) in [4.78, 5) is 23.7. The van der Waals surface area contributed by atoms with Crippen molar-refractivity contribution in [1.82, 2.24) is 14.6 Å². The monoisotopic (exact) mass is 581 g/mol. The highest BCUT2D eigenvalue weighted by atomic mass is 28.3. The van der Waals surface area contributed by atoms with Crippen LogP contribution in [-0.4, -0.2) is 74.5 Å². The van der Waals surface area contributed by atoms with Crippen molar-refractivity contribution in [3.63, 3.8) is 0 Å². The molecule has 1 saturated heterocycles. The SMILES string of the molecule is C[Si](C)(C)CCOCON1CCc2c(ncc3c2c(/C=C/COC2CCOCC2)cn3Cc2ccc(F)cc2)C1=O. The van der Waals surface area contributed by atoms with E-state index < -0.39 is 8.07 Å². The molecule has 1 aromatic carbocycles. The maximum atomic E-state index is 13.5. The first-order chi connectivity index (χ1) is 19.8. The van der Waals surface area contributed by atoms with Gasteiger partial charge in [0.1, 0.15) is 11.5 Å². The van der Waals surface area contributed by atoms with Crippen LogP contribution < -0.4 is 0 Å². The van der Waals surface area contributed by atoms with E-state index in [1.54, 1.807) is 18.3 Å². The summed E-state index contributed by atoms with van der Waals surface area (Å²) in [5.41, 5.74) is 4.21. The number of halogens is 1. The summed E-state index contributed by atoms with van der Waals surface area (Å²) in [6, 6.07) is 7.55. The minimum absolute atomic E-state index is 0.0446. The minimum Gasteiger partial charge on any atom is -0.381 e. The summed E-state index contributed by atoms with van der Waals surface area (Å²) in [5, 5.41) is 2.36. The second kappa shape index (κ2) is 13.4. The second-order valence-electron chi connectivity index (χ2n) is 11.9. The van der Waals surface area contributed by atoms with Gasteiger partial charge in [-0.15, -0.1) is 0 Å². The molecule has 4 heterocycles. The Morgan fingerprint density at radius 1 is 1.17 bits per heavy atom. The molecule has 0 aliphatic carbocycles. The van der Waals surface area contributed by atoms with Gasteiger partial charge >= 0.3 is 0 Å². The Labute approximate surface area is 242 Å². The van der Waals surface area contributed by atoms with Crippen LogP contribution in [0.1, 0.15) is 40.0 Å². The average molecular weight is 582 g/mol. The standard InChI is InChI=1S/C31H40FN3O5Si/c1-41(2,3)18-17-38-22-40-35-13-10-27-29-24(5-4-14-39-26-11-15-37-16-12-26)21-34(20-23-6-8-25(32)9-7-23)28(29)19-33-30(27)31(35)36/h4-9,19,21,26H,10-18,20,22H2,1-3H3/b5-4+. The Morgan fingerprint density at radius 2 is 1.95 bits per heavy atom. The maximum absolute atomic E-state index is 13.5. The molecule has 8 nitrogen and oxygen atoms in total. The number of ether oxygens (including phenoxy) is 3. The van der Waals surface area contributed by atoms with E-state index in [1.165, 1.54) is 17.2 Å². The predicted molar refractivity (Wildman–Crippen MR) is 159 cm³/mol. The van der Waals surface area contributed by atoms with Crippen molar-refractivity contribution in [2.75, 3.05) is 39.8 Å². The summed E-state index contributed by atoms with van der Waals surface area (Å²) in [5.74, 6) is -0.521. The van der Waals surface area contributed by atoms with Gasteiger partial charge < -0.3 is 18.8 Å². The van der Waals surface area contributed by atoms with E-state index in [2.05, 4.69) is 41.5 Å². The second-order valence-corrected chi connectivity index (χ2v) is 17.5. The third-order valence-corrected chi connectivity index (χ3v) is 9.20. The van der Waals surface area contributed by atoms with Crippen molar-refractivity contribution < 1.29 is 28.2 Å². The molecule has 0 saturated carbocycles. The van der Waals surface area contributed by atoms with E-state index in [0.29, 0.717) is 38.4 Å². The largest absolute Gasteiger partial charge is 0.381 e. The first-order valence-corrected chi connectivity index (χ1v) is 18.1. The maximum Gasteiger partial charge on any atom is 0.296 e. The molecule has 1 fully saturated rings. The van der Waals surface area contributed by atoms with Crippen LogP contribution in [0.4, 0.5) is 4.39 Å². The van der Waals surface area contributed by atoms with Gasteiger partial charge in [0.05, 0.1) is 31.0 Å². The van der Waals surface area contributed by atoms with Crippen molar-refractivity contribution in [3.8, 4) is 0 Å². The number of pyridine rings is 1.